The molecular formula is C34H30F2N2O2S3. The fourth-order valence-corrected chi connectivity index (χ4v) is 7.21. The molecule has 220 valence electrons. The summed E-state index contributed by atoms with van der Waals surface area (Å²) in [4.78, 5) is 1.97. The Morgan fingerprint density at radius 1 is 0.558 bits per heavy atom. The maximum atomic E-state index is 13.0. The Morgan fingerprint density at radius 2 is 1.02 bits per heavy atom. The highest BCUT2D eigenvalue weighted by atomic mass is 32.1. The largest absolute Gasteiger partial charge is 0.452 e. The van der Waals surface area contributed by atoms with Crippen molar-refractivity contribution in [2.75, 3.05) is 13.3 Å². The van der Waals surface area contributed by atoms with Crippen LogP contribution in [0.5, 0.6) is 23.0 Å². The van der Waals surface area contributed by atoms with Gasteiger partial charge in [0.15, 0.2) is 11.5 Å². The van der Waals surface area contributed by atoms with Crippen molar-refractivity contribution in [3.8, 4) is 43.9 Å². The highest BCUT2D eigenvalue weighted by molar-refractivity contribution is 7.14. The van der Waals surface area contributed by atoms with E-state index in [9.17, 15) is 8.78 Å². The first kappa shape index (κ1) is 29.4. The average molecular weight is 633 g/mol. The highest BCUT2D eigenvalue weighted by Gasteiger charge is 2.29. The topological polar surface area (TPSA) is 44.2 Å². The maximum absolute atomic E-state index is 13.0. The molecule has 0 radical (unpaired) electrons. The Balaban J connectivity index is 1.59. The first-order chi connectivity index (χ1) is 21.3. The standard InChI is InChI=1S/C34H30F2N2O2S3/c35-19-7-5-13-23-11-1-3-15-25(23)39-33-29(27-17-9-21-41-27)31-32(38-43-37-31)30(28-18-10-22-42-28)34(33)40-26-16-4-2-12-24(26)14-6-8-20-36/h1-4,9-12,15-18,21-22H,5-8,13-14,19-20H2. The van der Waals surface area contributed by atoms with E-state index in [0.717, 1.165) is 55.9 Å². The van der Waals surface area contributed by atoms with Gasteiger partial charge in [-0.25, -0.2) is 0 Å². The minimum atomic E-state index is -0.341. The molecule has 0 saturated carbocycles. The summed E-state index contributed by atoms with van der Waals surface area (Å²) in [5.74, 6) is 2.50. The second kappa shape index (κ2) is 14.2. The highest BCUT2D eigenvalue weighted by Crippen LogP contribution is 2.54. The van der Waals surface area contributed by atoms with Crippen LogP contribution in [0.15, 0.2) is 83.6 Å². The van der Waals surface area contributed by atoms with Crippen LogP contribution in [0.4, 0.5) is 8.78 Å². The summed E-state index contributed by atoms with van der Waals surface area (Å²) in [6.07, 6.45) is 3.84. The Kier molecular flexibility index (Phi) is 9.72. The molecule has 0 bridgehead atoms. The summed E-state index contributed by atoms with van der Waals surface area (Å²) in [6.45, 7) is -0.683. The molecule has 3 heterocycles. The van der Waals surface area contributed by atoms with Gasteiger partial charge in [0.05, 0.1) is 36.2 Å². The number of halogens is 2. The van der Waals surface area contributed by atoms with Gasteiger partial charge in [-0.3, -0.25) is 8.78 Å². The lowest BCUT2D eigenvalue weighted by Crippen LogP contribution is -2.01. The van der Waals surface area contributed by atoms with Crippen LogP contribution >= 0.6 is 34.4 Å². The quantitative estimate of drug-likeness (QED) is 0.112. The van der Waals surface area contributed by atoms with Gasteiger partial charge in [0.1, 0.15) is 22.5 Å². The third kappa shape index (κ3) is 6.49. The van der Waals surface area contributed by atoms with Gasteiger partial charge in [-0.05, 0) is 84.7 Å². The van der Waals surface area contributed by atoms with E-state index in [0.29, 0.717) is 48.7 Å². The zero-order chi connectivity index (χ0) is 29.4. The molecule has 0 unspecified atom stereocenters. The summed E-state index contributed by atoms with van der Waals surface area (Å²) in [6, 6.07) is 23.9. The lowest BCUT2D eigenvalue weighted by molar-refractivity contribution is 0.414. The first-order valence-electron chi connectivity index (χ1n) is 14.3. The van der Waals surface area contributed by atoms with Crippen LogP contribution in [-0.4, -0.2) is 22.1 Å². The van der Waals surface area contributed by atoms with Crippen molar-refractivity contribution in [3.63, 3.8) is 0 Å². The number of thiophene rings is 2. The summed E-state index contributed by atoms with van der Waals surface area (Å²) in [5.41, 5.74) is 5.15. The number of aromatic nitrogens is 2. The molecule has 0 atom stereocenters. The second-order valence-electron chi connectivity index (χ2n) is 10.0. The van der Waals surface area contributed by atoms with E-state index < -0.39 is 0 Å². The number of benzene rings is 3. The normalized spacial score (nSPS) is 11.3. The van der Waals surface area contributed by atoms with Crippen molar-refractivity contribution in [3.05, 3.63) is 94.7 Å². The van der Waals surface area contributed by atoms with Gasteiger partial charge < -0.3 is 9.47 Å². The zero-order valence-corrected chi connectivity index (χ0v) is 25.9. The van der Waals surface area contributed by atoms with E-state index in [1.807, 2.05) is 71.4 Å². The number of ether oxygens (including phenoxy) is 2. The Morgan fingerprint density at radius 3 is 1.44 bits per heavy atom. The summed E-state index contributed by atoms with van der Waals surface area (Å²) < 4.78 is 49.3. The number of fused-ring (bicyclic) bond motifs is 1. The third-order valence-corrected chi connectivity index (χ3v) is 9.49. The van der Waals surface area contributed by atoms with Gasteiger partial charge in [0, 0.05) is 9.75 Å². The molecule has 0 fully saturated rings. The minimum absolute atomic E-state index is 0.341. The molecule has 4 nitrogen and oxygen atoms in total. The zero-order valence-electron chi connectivity index (χ0n) is 23.4. The van der Waals surface area contributed by atoms with E-state index in [2.05, 4.69) is 12.1 Å². The third-order valence-electron chi connectivity index (χ3n) is 7.19. The van der Waals surface area contributed by atoms with Crippen molar-refractivity contribution in [2.45, 2.75) is 38.5 Å². The Bertz CT molecular complexity index is 1640. The molecule has 0 N–H and O–H groups in total. The van der Waals surface area contributed by atoms with Crippen LogP contribution in [0.3, 0.4) is 0 Å². The lowest BCUT2D eigenvalue weighted by atomic mass is 10.0. The van der Waals surface area contributed by atoms with Crippen molar-refractivity contribution in [1.82, 2.24) is 8.75 Å². The predicted octanol–water partition coefficient (Wildman–Crippen LogP) is 11.3. The molecule has 3 aromatic heterocycles. The van der Waals surface area contributed by atoms with Crippen LogP contribution < -0.4 is 9.47 Å². The van der Waals surface area contributed by atoms with E-state index >= 15 is 0 Å². The van der Waals surface area contributed by atoms with Gasteiger partial charge >= 0.3 is 0 Å². The van der Waals surface area contributed by atoms with Gasteiger partial charge in [-0.2, -0.15) is 8.75 Å². The fourth-order valence-electron chi connectivity index (χ4n) is 5.11. The predicted molar refractivity (Wildman–Crippen MR) is 175 cm³/mol. The van der Waals surface area contributed by atoms with E-state index in [1.54, 1.807) is 22.7 Å². The number of rotatable bonds is 14. The van der Waals surface area contributed by atoms with Gasteiger partial charge in [-0.15, -0.1) is 22.7 Å². The Labute approximate surface area is 261 Å². The number of nitrogens with zero attached hydrogens (tertiary/aromatic N) is 2. The van der Waals surface area contributed by atoms with Crippen LogP contribution in [0.25, 0.3) is 31.9 Å². The average Bonchev–Trinajstić information content (AvgIpc) is 3.83. The van der Waals surface area contributed by atoms with Crippen LogP contribution in [0, 0.1) is 0 Å². The van der Waals surface area contributed by atoms with Gasteiger partial charge in [0.25, 0.3) is 0 Å². The molecule has 0 saturated heterocycles. The molecule has 0 amide bonds. The second-order valence-corrected chi connectivity index (χ2v) is 12.5. The molecule has 0 aliphatic heterocycles. The monoisotopic (exact) mass is 632 g/mol. The van der Waals surface area contributed by atoms with Gasteiger partial charge in [0.2, 0.25) is 0 Å². The number of aryl methyl sites for hydroxylation is 2. The molecule has 43 heavy (non-hydrogen) atoms. The molecule has 0 spiro atoms. The summed E-state index contributed by atoms with van der Waals surface area (Å²) >= 11 is 4.37. The molecule has 6 aromatic rings. The number of para-hydroxylation sites is 2. The molecule has 0 aliphatic carbocycles. The number of hydrogen-bond donors (Lipinski definition) is 0. The number of alkyl halides is 2. The maximum Gasteiger partial charge on any atom is 0.181 e. The summed E-state index contributed by atoms with van der Waals surface area (Å²) in [7, 11) is 0. The van der Waals surface area contributed by atoms with E-state index in [4.69, 9.17) is 18.2 Å². The minimum Gasteiger partial charge on any atom is -0.452 e. The molecule has 9 heteroatoms. The molecule has 0 aliphatic rings. The van der Waals surface area contributed by atoms with Crippen molar-refractivity contribution in [1.29, 1.82) is 0 Å². The smallest absolute Gasteiger partial charge is 0.181 e. The van der Waals surface area contributed by atoms with E-state index in [-0.39, 0.29) is 13.3 Å². The van der Waals surface area contributed by atoms with Crippen molar-refractivity contribution in [2.24, 2.45) is 0 Å². The van der Waals surface area contributed by atoms with Crippen LogP contribution in [0.2, 0.25) is 0 Å². The SMILES string of the molecule is FCCCCc1ccccc1Oc1c(Oc2ccccc2CCCCF)c(-c2cccs2)c2nsnc2c1-c1cccs1. The summed E-state index contributed by atoms with van der Waals surface area (Å²) in [5, 5.41) is 4.06. The number of hydrogen-bond acceptors (Lipinski definition) is 7. The van der Waals surface area contributed by atoms with Crippen molar-refractivity contribution < 1.29 is 18.3 Å². The molecule has 3 aromatic carbocycles. The molecule has 6 rings (SSSR count). The lowest BCUT2D eigenvalue weighted by Gasteiger charge is -2.21. The van der Waals surface area contributed by atoms with Crippen molar-refractivity contribution >= 4 is 45.4 Å². The van der Waals surface area contributed by atoms with Gasteiger partial charge in [-0.1, -0.05) is 48.5 Å². The van der Waals surface area contributed by atoms with E-state index in [1.165, 1.54) is 11.7 Å². The van der Waals surface area contributed by atoms with Crippen LogP contribution in [0.1, 0.15) is 36.8 Å². The first-order valence-corrected chi connectivity index (χ1v) is 16.8. The van der Waals surface area contributed by atoms with Crippen LogP contribution in [-0.2, 0) is 12.8 Å². The molecular weight excluding hydrogens is 603 g/mol. The number of unbranched alkanes of at least 4 members (excludes halogenated alkanes) is 2. The Hall–Kier alpha value is -3.66. The fraction of sp³-hybridized carbons (Fsp3) is 0.235.